The molecule has 156 valence electrons. The minimum absolute atomic E-state index is 0.215. The maximum absolute atomic E-state index is 13.1. The highest BCUT2D eigenvalue weighted by Crippen LogP contribution is 2.30. The number of halogens is 3. The lowest BCUT2D eigenvalue weighted by atomic mass is 10.0. The van der Waals surface area contributed by atoms with Crippen molar-refractivity contribution in [2.24, 2.45) is 11.1 Å². The largest absolute Gasteiger partial charge is 0.466 e. The molecule has 8 heteroatoms. The Bertz CT molecular complexity index is 823. The van der Waals surface area contributed by atoms with Crippen molar-refractivity contribution in [3.63, 3.8) is 0 Å². The molecule has 1 aromatic heterocycles. The summed E-state index contributed by atoms with van der Waals surface area (Å²) in [7, 11) is 0. The summed E-state index contributed by atoms with van der Waals surface area (Å²) in [6, 6.07) is 8.25. The third-order valence-corrected chi connectivity index (χ3v) is 4.12. The molecule has 0 bridgehead atoms. The number of hydrogen-bond acceptors (Lipinski definition) is 5. The molecule has 1 unspecified atom stereocenters. The molecule has 0 aliphatic rings. The Morgan fingerprint density at radius 2 is 1.97 bits per heavy atom. The summed E-state index contributed by atoms with van der Waals surface area (Å²) in [6.45, 7) is 4.06. The van der Waals surface area contributed by atoms with Gasteiger partial charge in [-0.15, -0.1) is 0 Å². The quantitative estimate of drug-likeness (QED) is 0.258. The standard InChI is InChI=1S/C21H23F3N2O3/c1-3-28-20(27)15(2)7-6-12-29-26-19(17-9-5-11-25-14-17)16-8-4-10-18(13-16)21(22,23)24/h4-5,8-11,13-15H,3,6-7,12H2,1-2H3/b26-19-. The van der Waals surface area contributed by atoms with Crippen LogP contribution in [-0.4, -0.2) is 29.9 Å². The maximum Gasteiger partial charge on any atom is 0.416 e. The minimum Gasteiger partial charge on any atom is -0.466 e. The molecule has 0 spiro atoms. The zero-order chi connectivity index (χ0) is 21.3. The number of carbonyl (C=O) groups is 1. The van der Waals surface area contributed by atoms with Crippen LogP contribution in [0.2, 0.25) is 0 Å². The zero-order valence-electron chi connectivity index (χ0n) is 16.3. The number of benzene rings is 1. The normalized spacial score (nSPS) is 13.1. The van der Waals surface area contributed by atoms with Gasteiger partial charge >= 0.3 is 12.1 Å². The summed E-state index contributed by atoms with van der Waals surface area (Å²) in [5.41, 5.74) is 0.289. The van der Waals surface area contributed by atoms with Crippen LogP contribution in [-0.2, 0) is 20.5 Å². The lowest BCUT2D eigenvalue weighted by molar-refractivity contribution is -0.147. The lowest BCUT2D eigenvalue weighted by Crippen LogP contribution is -2.15. The molecule has 2 rings (SSSR count). The van der Waals surface area contributed by atoms with Gasteiger partial charge in [-0.3, -0.25) is 9.78 Å². The van der Waals surface area contributed by atoms with E-state index in [1.54, 1.807) is 32.2 Å². The monoisotopic (exact) mass is 408 g/mol. The second kappa shape index (κ2) is 10.6. The van der Waals surface area contributed by atoms with Gasteiger partial charge in [0.1, 0.15) is 12.3 Å². The predicted molar refractivity (Wildman–Crippen MR) is 102 cm³/mol. The van der Waals surface area contributed by atoms with Crippen LogP contribution in [0.5, 0.6) is 0 Å². The van der Waals surface area contributed by atoms with Gasteiger partial charge in [-0.2, -0.15) is 13.2 Å². The Morgan fingerprint density at radius 1 is 1.21 bits per heavy atom. The molecule has 5 nitrogen and oxygen atoms in total. The zero-order valence-corrected chi connectivity index (χ0v) is 16.3. The van der Waals surface area contributed by atoms with Gasteiger partial charge in [-0.1, -0.05) is 24.2 Å². The molecule has 1 heterocycles. The lowest BCUT2D eigenvalue weighted by Gasteiger charge is -2.12. The van der Waals surface area contributed by atoms with Crippen LogP contribution >= 0.6 is 0 Å². The molecule has 0 aliphatic carbocycles. The number of hydrogen-bond donors (Lipinski definition) is 0. The average molecular weight is 408 g/mol. The van der Waals surface area contributed by atoms with Gasteiger partial charge in [-0.25, -0.2) is 0 Å². The molecule has 0 saturated heterocycles. The number of pyridine rings is 1. The molecule has 0 aliphatic heterocycles. The van der Waals surface area contributed by atoms with Gasteiger partial charge in [0.25, 0.3) is 0 Å². The molecule has 0 N–H and O–H groups in total. The molecule has 0 radical (unpaired) electrons. The Labute approximate surface area is 167 Å². The van der Waals surface area contributed by atoms with Gasteiger partial charge < -0.3 is 9.57 Å². The SMILES string of the molecule is CCOC(=O)C(C)CCCO/N=C(\c1cccnc1)c1cccc(C(F)(F)F)c1. The molecule has 1 atom stereocenters. The first-order valence-corrected chi connectivity index (χ1v) is 9.27. The molecule has 0 fully saturated rings. The Kier molecular flexibility index (Phi) is 8.18. The first-order chi connectivity index (χ1) is 13.8. The summed E-state index contributed by atoms with van der Waals surface area (Å²) in [6.07, 6.45) is -0.289. The van der Waals surface area contributed by atoms with E-state index in [1.165, 1.54) is 18.3 Å². The topological polar surface area (TPSA) is 60.8 Å². The summed E-state index contributed by atoms with van der Waals surface area (Å²) in [4.78, 5) is 21.0. The van der Waals surface area contributed by atoms with Crippen molar-refractivity contribution in [2.45, 2.75) is 32.9 Å². The van der Waals surface area contributed by atoms with Gasteiger partial charge in [0.05, 0.1) is 18.1 Å². The van der Waals surface area contributed by atoms with Crippen molar-refractivity contribution in [1.82, 2.24) is 4.98 Å². The average Bonchev–Trinajstić information content (AvgIpc) is 2.70. The van der Waals surface area contributed by atoms with E-state index in [2.05, 4.69) is 10.1 Å². The van der Waals surface area contributed by atoms with Gasteiger partial charge in [-0.05, 0) is 44.0 Å². The van der Waals surface area contributed by atoms with E-state index in [4.69, 9.17) is 9.57 Å². The highest BCUT2D eigenvalue weighted by atomic mass is 19.4. The van der Waals surface area contributed by atoms with Crippen LogP contribution < -0.4 is 0 Å². The van der Waals surface area contributed by atoms with Crippen molar-refractivity contribution in [3.05, 3.63) is 65.5 Å². The number of oxime groups is 1. The van der Waals surface area contributed by atoms with Crippen LogP contribution in [0.3, 0.4) is 0 Å². The first kappa shape index (κ1) is 22.4. The number of alkyl halides is 3. The number of nitrogens with zero attached hydrogens (tertiary/aromatic N) is 2. The highest BCUT2D eigenvalue weighted by Gasteiger charge is 2.30. The molecular weight excluding hydrogens is 385 g/mol. The second-order valence-electron chi connectivity index (χ2n) is 6.39. The third-order valence-electron chi connectivity index (χ3n) is 4.12. The van der Waals surface area contributed by atoms with Crippen molar-refractivity contribution in [2.75, 3.05) is 13.2 Å². The van der Waals surface area contributed by atoms with Gasteiger partial charge in [0.15, 0.2) is 0 Å². The predicted octanol–water partition coefficient (Wildman–Crippen LogP) is 4.85. The molecule has 0 saturated carbocycles. The summed E-state index contributed by atoms with van der Waals surface area (Å²) in [5.74, 6) is -0.528. The van der Waals surface area contributed by atoms with Crippen molar-refractivity contribution in [3.8, 4) is 0 Å². The number of ether oxygens (including phenoxy) is 1. The fourth-order valence-electron chi connectivity index (χ4n) is 2.58. The van der Waals surface area contributed by atoms with E-state index in [9.17, 15) is 18.0 Å². The molecule has 0 amide bonds. The van der Waals surface area contributed by atoms with Crippen molar-refractivity contribution >= 4 is 11.7 Å². The minimum atomic E-state index is -4.46. The molecule has 2 aromatic rings. The van der Waals surface area contributed by atoms with E-state index in [-0.39, 0.29) is 29.8 Å². The van der Waals surface area contributed by atoms with Gasteiger partial charge in [0.2, 0.25) is 0 Å². The molecular formula is C21H23F3N2O3. The number of carbonyl (C=O) groups excluding carboxylic acids is 1. The third kappa shape index (κ3) is 6.89. The summed E-state index contributed by atoms with van der Waals surface area (Å²) >= 11 is 0. The maximum atomic E-state index is 13.1. The van der Waals surface area contributed by atoms with E-state index in [0.717, 1.165) is 12.1 Å². The summed E-state index contributed by atoms with van der Waals surface area (Å²) < 4.78 is 44.1. The number of aromatic nitrogens is 1. The van der Waals surface area contributed by atoms with Crippen LogP contribution in [0.4, 0.5) is 13.2 Å². The highest BCUT2D eigenvalue weighted by molar-refractivity contribution is 6.12. The van der Waals surface area contributed by atoms with Crippen LogP contribution in [0, 0.1) is 5.92 Å². The Balaban J connectivity index is 2.11. The van der Waals surface area contributed by atoms with Crippen LogP contribution in [0.1, 0.15) is 43.4 Å². The van der Waals surface area contributed by atoms with E-state index in [0.29, 0.717) is 25.0 Å². The first-order valence-electron chi connectivity index (χ1n) is 9.27. The molecule has 29 heavy (non-hydrogen) atoms. The number of rotatable bonds is 9. The van der Waals surface area contributed by atoms with Crippen LogP contribution in [0.25, 0.3) is 0 Å². The van der Waals surface area contributed by atoms with Crippen molar-refractivity contribution in [1.29, 1.82) is 0 Å². The Hall–Kier alpha value is -2.90. The fourth-order valence-corrected chi connectivity index (χ4v) is 2.58. The van der Waals surface area contributed by atoms with E-state index < -0.39 is 11.7 Å². The fraction of sp³-hybridized carbons (Fsp3) is 0.381. The summed E-state index contributed by atoms with van der Waals surface area (Å²) in [5, 5.41) is 4.06. The Morgan fingerprint density at radius 3 is 2.62 bits per heavy atom. The smallest absolute Gasteiger partial charge is 0.416 e. The van der Waals surface area contributed by atoms with E-state index >= 15 is 0 Å². The van der Waals surface area contributed by atoms with E-state index in [1.807, 2.05) is 0 Å². The second-order valence-corrected chi connectivity index (χ2v) is 6.39. The van der Waals surface area contributed by atoms with Crippen LogP contribution in [0.15, 0.2) is 53.9 Å². The van der Waals surface area contributed by atoms with Gasteiger partial charge in [0, 0.05) is 23.5 Å². The van der Waals surface area contributed by atoms with Crippen molar-refractivity contribution < 1.29 is 27.5 Å². The number of esters is 1. The molecule has 1 aromatic carbocycles.